The maximum atomic E-state index is 13.7. The van der Waals surface area contributed by atoms with Crippen LogP contribution < -0.4 is 5.32 Å². The van der Waals surface area contributed by atoms with E-state index in [0.717, 1.165) is 23.4 Å². The van der Waals surface area contributed by atoms with Crippen molar-refractivity contribution in [2.75, 3.05) is 11.1 Å². The second kappa shape index (κ2) is 10.1. The molecular weight excluding hydrogens is 481 g/mol. The molecule has 2 aromatic carbocycles. The molecule has 0 atom stereocenters. The first kappa shape index (κ1) is 23.5. The molecule has 34 heavy (non-hydrogen) atoms. The van der Waals surface area contributed by atoms with E-state index in [2.05, 4.69) is 15.3 Å². The van der Waals surface area contributed by atoms with Gasteiger partial charge in [-0.15, -0.1) is 11.3 Å². The highest BCUT2D eigenvalue weighted by Gasteiger charge is 2.36. The lowest BCUT2D eigenvalue weighted by Gasteiger charge is -2.14. The molecule has 1 N–H and O–H groups in total. The molecule has 1 amide bonds. The summed E-state index contributed by atoms with van der Waals surface area (Å²) < 4.78 is 41.0. The van der Waals surface area contributed by atoms with Crippen LogP contribution in [0, 0.1) is 11.3 Å². The number of hydrogen-bond acceptors (Lipinski definition) is 6. The number of halogens is 3. The van der Waals surface area contributed by atoms with E-state index in [1.165, 1.54) is 11.3 Å². The van der Waals surface area contributed by atoms with E-state index in [9.17, 15) is 23.2 Å². The van der Waals surface area contributed by atoms with Gasteiger partial charge in [0, 0.05) is 16.5 Å². The van der Waals surface area contributed by atoms with Gasteiger partial charge in [0.05, 0.1) is 28.3 Å². The molecule has 10 heteroatoms. The monoisotopic (exact) mass is 496 g/mol. The summed E-state index contributed by atoms with van der Waals surface area (Å²) in [6.45, 7) is 0. The van der Waals surface area contributed by atoms with Crippen LogP contribution >= 0.6 is 23.1 Å². The van der Waals surface area contributed by atoms with Gasteiger partial charge in [0.15, 0.2) is 5.13 Å². The zero-order chi connectivity index (χ0) is 24.1. The second-order valence-corrected chi connectivity index (χ2v) is 8.77. The van der Waals surface area contributed by atoms with Gasteiger partial charge in [-0.2, -0.15) is 18.4 Å². The molecule has 2 heterocycles. The van der Waals surface area contributed by atoms with Gasteiger partial charge in [-0.25, -0.2) is 9.97 Å². The van der Waals surface area contributed by atoms with Crippen LogP contribution in [0.4, 0.5) is 18.3 Å². The molecule has 0 aliphatic heterocycles. The predicted octanol–water partition coefficient (Wildman–Crippen LogP) is 6.49. The number of nitriles is 1. The van der Waals surface area contributed by atoms with E-state index < -0.39 is 23.2 Å². The molecule has 4 aromatic rings. The smallest absolute Gasteiger partial charge is 0.301 e. The summed E-state index contributed by atoms with van der Waals surface area (Å²) in [5.74, 6) is -0.708. The van der Waals surface area contributed by atoms with Crippen molar-refractivity contribution in [1.82, 2.24) is 9.97 Å². The quantitative estimate of drug-likeness (QED) is 0.309. The van der Waals surface area contributed by atoms with E-state index >= 15 is 0 Å². The van der Waals surface area contributed by atoms with Gasteiger partial charge in [-0.05, 0) is 6.07 Å². The summed E-state index contributed by atoms with van der Waals surface area (Å²) in [5.41, 5.74) is 0.452. The summed E-state index contributed by atoms with van der Waals surface area (Å²) in [6, 6.07) is 20.2. The lowest BCUT2D eigenvalue weighted by molar-refractivity contribution is -0.138. The Morgan fingerprint density at radius 3 is 2.21 bits per heavy atom. The predicted molar refractivity (Wildman–Crippen MR) is 126 cm³/mol. The van der Waals surface area contributed by atoms with E-state index in [1.807, 2.05) is 30.3 Å². The van der Waals surface area contributed by atoms with E-state index in [0.29, 0.717) is 16.4 Å². The largest absolute Gasteiger partial charge is 0.417 e. The van der Waals surface area contributed by atoms with Crippen molar-refractivity contribution in [3.8, 4) is 28.6 Å². The van der Waals surface area contributed by atoms with Gasteiger partial charge in [0.1, 0.15) is 11.1 Å². The Balaban J connectivity index is 1.54. The first-order valence-corrected chi connectivity index (χ1v) is 11.7. The number of hydrogen-bond donors (Lipinski definition) is 1. The number of thioether (sulfide) groups is 1. The molecule has 0 bridgehead atoms. The third-order valence-electron chi connectivity index (χ3n) is 4.63. The minimum Gasteiger partial charge on any atom is -0.301 e. The normalized spacial score (nSPS) is 11.1. The molecule has 4 rings (SSSR count). The Bertz CT molecular complexity index is 1350. The molecule has 0 aliphatic carbocycles. The van der Waals surface area contributed by atoms with E-state index in [-0.39, 0.29) is 16.5 Å². The lowest BCUT2D eigenvalue weighted by Crippen LogP contribution is -2.15. The number of benzene rings is 2. The molecule has 0 unspecified atom stereocenters. The minimum absolute atomic E-state index is 0.0715. The van der Waals surface area contributed by atoms with E-state index in [4.69, 9.17) is 0 Å². The fourth-order valence-electron chi connectivity index (χ4n) is 3.08. The van der Waals surface area contributed by atoms with Crippen LogP contribution in [0.5, 0.6) is 0 Å². The second-order valence-electron chi connectivity index (χ2n) is 6.95. The first-order chi connectivity index (χ1) is 16.3. The summed E-state index contributed by atoms with van der Waals surface area (Å²) in [6.07, 6.45) is -4.75. The Labute approximate surface area is 201 Å². The Hall–Kier alpha value is -3.68. The zero-order valence-electron chi connectivity index (χ0n) is 17.3. The van der Waals surface area contributed by atoms with Gasteiger partial charge < -0.3 is 5.32 Å². The van der Waals surface area contributed by atoms with Crippen molar-refractivity contribution >= 4 is 34.1 Å². The number of aromatic nitrogens is 2. The number of carbonyl (C=O) groups excluding carboxylic acids is 1. The SMILES string of the molecule is N#Cc1c(C(F)(F)F)cc(-c2ccccc2)nc1SCC(=O)Nc1nc(-c2ccccc2)cs1. The van der Waals surface area contributed by atoms with Crippen LogP contribution in [0.3, 0.4) is 0 Å². The molecule has 0 fully saturated rings. The Morgan fingerprint density at radius 2 is 1.62 bits per heavy atom. The summed E-state index contributed by atoms with van der Waals surface area (Å²) in [4.78, 5) is 21.1. The third-order valence-corrected chi connectivity index (χ3v) is 6.37. The number of alkyl halides is 3. The highest BCUT2D eigenvalue weighted by atomic mass is 32.2. The van der Waals surface area contributed by atoms with Crippen molar-refractivity contribution in [2.24, 2.45) is 0 Å². The first-order valence-electron chi connectivity index (χ1n) is 9.86. The number of anilines is 1. The molecule has 0 aliphatic rings. The third kappa shape index (κ3) is 5.44. The van der Waals surface area contributed by atoms with Crippen LogP contribution in [0.15, 0.2) is 77.1 Å². The molecule has 0 radical (unpaired) electrons. The van der Waals surface area contributed by atoms with Crippen molar-refractivity contribution in [3.63, 3.8) is 0 Å². The number of nitrogens with zero attached hydrogens (tertiary/aromatic N) is 3. The fourth-order valence-corrected chi connectivity index (χ4v) is 4.62. The maximum Gasteiger partial charge on any atom is 0.417 e. The van der Waals surface area contributed by atoms with Gasteiger partial charge >= 0.3 is 6.18 Å². The number of amides is 1. The van der Waals surface area contributed by atoms with Crippen molar-refractivity contribution in [1.29, 1.82) is 5.26 Å². The number of nitrogens with one attached hydrogen (secondary N) is 1. The molecule has 0 saturated heterocycles. The topological polar surface area (TPSA) is 78.7 Å². The van der Waals surface area contributed by atoms with Gasteiger partial charge in [-0.3, -0.25) is 4.79 Å². The van der Waals surface area contributed by atoms with Crippen LogP contribution in [-0.2, 0) is 11.0 Å². The number of pyridine rings is 1. The number of rotatable bonds is 6. The van der Waals surface area contributed by atoms with Gasteiger partial charge in [0.2, 0.25) is 5.91 Å². The molecule has 170 valence electrons. The van der Waals surface area contributed by atoms with Crippen LogP contribution in [0.1, 0.15) is 11.1 Å². The molecule has 0 spiro atoms. The van der Waals surface area contributed by atoms with Crippen LogP contribution in [0.25, 0.3) is 22.5 Å². The number of carbonyl (C=O) groups is 1. The van der Waals surface area contributed by atoms with Gasteiger partial charge in [-0.1, -0.05) is 72.4 Å². The van der Waals surface area contributed by atoms with Crippen LogP contribution in [0.2, 0.25) is 0 Å². The van der Waals surface area contributed by atoms with E-state index in [1.54, 1.807) is 41.8 Å². The average Bonchev–Trinajstić information content (AvgIpc) is 3.31. The molecule has 2 aromatic heterocycles. The molecular formula is C24H15F3N4OS2. The maximum absolute atomic E-state index is 13.7. The molecule has 5 nitrogen and oxygen atoms in total. The summed E-state index contributed by atoms with van der Waals surface area (Å²) in [5, 5.41) is 14.1. The Morgan fingerprint density at radius 1 is 1.00 bits per heavy atom. The molecule has 0 saturated carbocycles. The Kier molecular flexibility index (Phi) is 6.95. The average molecular weight is 497 g/mol. The zero-order valence-corrected chi connectivity index (χ0v) is 19.0. The van der Waals surface area contributed by atoms with Crippen molar-refractivity contribution in [2.45, 2.75) is 11.2 Å². The summed E-state index contributed by atoms with van der Waals surface area (Å²) >= 11 is 2.01. The number of thiazole rings is 1. The minimum atomic E-state index is -4.75. The van der Waals surface area contributed by atoms with Gasteiger partial charge in [0.25, 0.3) is 0 Å². The fraction of sp³-hybridized carbons (Fsp3) is 0.0833. The van der Waals surface area contributed by atoms with Crippen molar-refractivity contribution in [3.05, 3.63) is 83.2 Å². The summed E-state index contributed by atoms with van der Waals surface area (Å²) in [7, 11) is 0. The lowest BCUT2D eigenvalue weighted by atomic mass is 10.1. The van der Waals surface area contributed by atoms with Crippen LogP contribution in [-0.4, -0.2) is 21.6 Å². The highest BCUT2D eigenvalue weighted by Crippen LogP contribution is 2.38. The standard InChI is InChI=1S/C24H15F3N4OS2/c25-24(26,27)18-11-19(15-7-3-1-4-8-15)29-22(17(18)12-28)33-14-21(32)31-23-30-20(13-34-23)16-9-5-2-6-10-16/h1-11,13H,14H2,(H,30,31,32). The highest BCUT2D eigenvalue weighted by molar-refractivity contribution is 8.00. The van der Waals surface area contributed by atoms with Crippen molar-refractivity contribution < 1.29 is 18.0 Å².